The first kappa shape index (κ1) is 24.1. The number of rotatable bonds is 5. The zero-order valence-corrected chi connectivity index (χ0v) is 21.7. The minimum Gasteiger partial charge on any atom is -0.383 e. The van der Waals surface area contributed by atoms with Crippen molar-refractivity contribution >= 4 is 23.2 Å². The number of ketones is 1. The van der Waals surface area contributed by atoms with Crippen molar-refractivity contribution in [2.45, 2.75) is 50.6 Å². The van der Waals surface area contributed by atoms with Gasteiger partial charge in [-0.3, -0.25) is 19.6 Å². The summed E-state index contributed by atoms with van der Waals surface area (Å²) in [5.74, 6) is 0.190. The molecule has 0 aromatic carbocycles. The third-order valence-corrected chi connectivity index (χ3v) is 8.09. The average Bonchev–Trinajstić information content (AvgIpc) is 3.71. The zero-order chi connectivity index (χ0) is 27.4. The van der Waals surface area contributed by atoms with E-state index >= 15 is 0 Å². The molecule has 3 atom stereocenters. The Kier molecular flexibility index (Phi) is 5.61. The second kappa shape index (κ2) is 9.33. The molecule has 2 fully saturated rings. The monoisotopic (exact) mass is 534 g/mol. The van der Waals surface area contributed by atoms with Crippen LogP contribution in [-0.4, -0.2) is 68.4 Å². The third-order valence-electron chi connectivity index (χ3n) is 8.09. The van der Waals surface area contributed by atoms with Crippen molar-refractivity contribution in [2.75, 3.05) is 5.73 Å². The van der Waals surface area contributed by atoms with Crippen LogP contribution in [0.4, 0.5) is 5.82 Å². The van der Waals surface area contributed by atoms with E-state index in [1.807, 2.05) is 29.2 Å². The topological polar surface area (TPSA) is 161 Å². The predicted octanol–water partition coefficient (Wildman–Crippen LogP) is 3.31. The van der Waals surface area contributed by atoms with E-state index in [9.17, 15) is 9.59 Å². The van der Waals surface area contributed by atoms with Gasteiger partial charge < -0.3 is 15.6 Å². The number of anilines is 1. The van der Waals surface area contributed by atoms with Crippen LogP contribution in [0, 0.1) is 0 Å². The van der Waals surface area contributed by atoms with Gasteiger partial charge in [0.05, 0.1) is 23.1 Å². The molecule has 40 heavy (non-hydrogen) atoms. The first-order valence-electron chi connectivity index (χ1n) is 13.2. The second-order valence-electron chi connectivity index (χ2n) is 10.4. The van der Waals surface area contributed by atoms with Crippen molar-refractivity contribution in [3.05, 3.63) is 72.5 Å². The molecule has 2 saturated heterocycles. The van der Waals surface area contributed by atoms with Crippen molar-refractivity contribution in [1.29, 1.82) is 0 Å². The molecule has 2 bridgehead atoms. The number of hydrogen-bond acceptors (Lipinski definition) is 9. The number of nitrogens with two attached hydrogens (primary N) is 1. The Morgan fingerprint density at radius 3 is 2.45 bits per heavy atom. The number of carbonyl (C=O) groups is 2. The largest absolute Gasteiger partial charge is 0.383 e. The number of hydrogen-bond donors (Lipinski definition) is 2. The number of nitrogen functional groups attached to an aromatic ring is 1. The van der Waals surface area contributed by atoms with E-state index in [0.29, 0.717) is 29.7 Å². The summed E-state index contributed by atoms with van der Waals surface area (Å²) >= 11 is 0. The number of piperidine rings is 1. The van der Waals surface area contributed by atoms with Crippen molar-refractivity contribution in [3.63, 3.8) is 0 Å². The Bertz CT molecular complexity index is 1720. The molecule has 0 spiro atoms. The molecule has 2 aliphatic heterocycles. The van der Waals surface area contributed by atoms with Crippen LogP contribution in [0.15, 0.2) is 55.4 Å². The maximum Gasteiger partial charge on any atom is 0.292 e. The van der Waals surface area contributed by atoms with E-state index in [2.05, 4.69) is 30.2 Å². The molecule has 5 aromatic heterocycles. The number of carbonyl (C=O) groups excluding carboxylic acids is 2. The van der Waals surface area contributed by atoms with Gasteiger partial charge in [-0.2, -0.15) is 9.61 Å². The number of nitrogens with one attached hydrogen (secondary N) is 1. The molecule has 2 aliphatic rings. The number of amides is 1. The van der Waals surface area contributed by atoms with Crippen LogP contribution in [-0.2, 0) is 0 Å². The predicted molar refractivity (Wildman–Crippen MR) is 145 cm³/mol. The molecular weight excluding hydrogens is 508 g/mol. The smallest absolute Gasteiger partial charge is 0.292 e. The Balaban J connectivity index is 1.26. The molecule has 0 aliphatic carbocycles. The van der Waals surface area contributed by atoms with E-state index in [4.69, 9.17) is 10.7 Å². The molecule has 12 heteroatoms. The van der Waals surface area contributed by atoms with Gasteiger partial charge in [-0.15, -0.1) is 10.2 Å². The molecule has 1 amide bonds. The zero-order valence-electron chi connectivity index (χ0n) is 21.7. The van der Waals surface area contributed by atoms with Crippen molar-refractivity contribution < 1.29 is 9.59 Å². The summed E-state index contributed by atoms with van der Waals surface area (Å²) in [6.07, 6.45) is 11.5. The Morgan fingerprint density at radius 2 is 1.80 bits per heavy atom. The minimum atomic E-state index is -0.158. The average molecular weight is 535 g/mol. The van der Waals surface area contributed by atoms with Gasteiger partial charge in [-0.25, -0.2) is 4.98 Å². The van der Waals surface area contributed by atoms with E-state index < -0.39 is 0 Å². The molecule has 5 aromatic rings. The third kappa shape index (κ3) is 3.82. The van der Waals surface area contributed by atoms with Gasteiger partial charge >= 0.3 is 0 Å². The summed E-state index contributed by atoms with van der Waals surface area (Å²) in [5.41, 5.74) is 11.6. The maximum atomic E-state index is 13.1. The van der Waals surface area contributed by atoms with Crippen LogP contribution in [0.2, 0.25) is 0 Å². The lowest BCUT2D eigenvalue weighted by atomic mass is 9.85. The minimum absolute atomic E-state index is 0.0229. The molecule has 12 nitrogen and oxygen atoms in total. The Labute approximate surface area is 228 Å². The molecule has 0 saturated carbocycles. The number of H-pyrrole nitrogens is 1. The number of fused-ring (bicyclic) bond motifs is 3. The van der Waals surface area contributed by atoms with E-state index in [0.717, 1.165) is 35.2 Å². The van der Waals surface area contributed by atoms with Gasteiger partial charge in [0.15, 0.2) is 11.4 Å². The van der Waals surface area contributed by atoms with Crippen molar-refractivity contribution in [2.24, 2.45) is 0 Å². The summed E-state index contributed by atoms with van der Waals surface area (Å²) < 4.78 is 1.53. The van der Waals surface area contributed by atoms with Gasteiger partial charge in [0.25, 0.3) is 5.91 Å². The SMILES string of the molecule is CC(=O)c1c([C@@H]2C[C@H]3CC[C@@H](C2)N3C(=O)c2nnc[nH]2)nc2c(-c3ccc(-c4ccncc4)nc3)cnn2c1N. The van der Waals surface area contributed by atoms with Gasteiger partial charge in [0.2, 0.25) is 5.82 Å². The lowest BCUT2D eigenvalue weighted by molar-refractivity contribution is 0.0556. The molecule has 3 N–H and O–H groups in total. The molecule has 200 valence electrons. The summed E-state index contributed by atoms with van der Waals surface area (Å²) in [5, 5.41) is 12.2. The summed E-state index contributed by atoms with van der Waals surface area (Å²) in [6, 6.07) is 7.79. The fraction of sp³-hybridized carbons (Fsp3) is 0.286. The fourth-order valence-corrected chi connectivity index (χ4v) is 6.30. The van der Waals surface area contributed by atoms with Gasteiger partial charge in [-0.1, -0.05) is 6.07 Å². The Morgan fingerprint density at radius 1 is 1.02 bits per heavy atom. The number of aromatic amines is 1. The highest BCUT2D eigenvalue weighted by Gasteiger charge is 2.45. The van der Waals surface area contributed by atoms with E-state index in [1.165, 1.54) is 17.8 Å². The molecule has 0 unspecified atom stereocenters. The highest BCUT2D eigenvalue weighted by Crippen LogP contribution is 2.45. The number of Topliss-reactive ketones (excluding diaryl/α,β-unsaturated/α-hetero) is 1. The highest BCUT2D eigenvalue weighted by molar-refractivity contribution is 6.00. The first-order valence-corrected chi connectivity index (χ1v) is 13.2. The van der Waals surface area contributed by atoms with Gasteiger partial charge in [0, 0.05) is 53.3 Å². The van der Waals surface area contributed by atoms with Crippen LogP contribution in [0.1, 0.15) is 65.2 Å². The lowest BCUT2D eigenvalue weighted by Crippen LogP contribution is -2.46. The van der Waals surface area contributed by atoms with Crippen molar-refractivity contribution in [1.82, 2.24) is 44.6 Å². The van der Waals surface area contributed by atoms with Crippen LogP contribution in [0.5, 0.6) is 0 Å². The standard InChI is InChI=1S/C28H26N10O2/c1-15(39)23-24(18-10-19-3-4-20(11-18)37(19)28(40)26-32-14-33-36-26)35-27-21(13-34-38(27)25(23)29)17-2-5-22(31-12-17)16-6-8-30-9-7-16/h2,5-9,12-14,18-20H,3-4,10-11,29H2,1H3,(H,32,33,36)/t18-,19-,20+. The van der Waals surface area contributed by atoms with Crippen LogP contribution < -0.4 is 5.73 Å². The quantitative estimate of drug-likeness (QED) is 0.322. The maximum absolute atomic E-state index is 13.1. The Hall–Kier alpha value is -5.00. The van der Waals surface area contributed by atoms with Crippen molar-refractivity contribution in [3.8, 4) is 22.4 Å². The molecular formula is C28H26N10O2. The van der Waals surface area contributed by atoms with Crippen LogP contribution >= 0.6 is 0 Å². The number of pyridine rings is 2. The molecule has 7 heterocycles. The second-order valence-corrected chi connectivity index (χ2v) is 10.4. The molecule has 7 rings (SSSR count). The number of nitrogens with zero attached hydrogens (tertiary/aromatic N) is 8. The van der Waals surface area contributed by atoms with Gasteiger partial charge in [0.1, 0.15) is 12.1 Å². The summed E-state index contributed by atoms with van der Waals surface area (Å²) in [6.45, 7) is 1.51. The van der Waals surface area contributed by atoms with E-state index in [1.54, 1.807) is 24.8 Å². The summed E-state index contributed by atoms with van der Waals surface area (Å²) in [7, 11) is 0. The lowest BCUT2D eigenvalue weighted by Gasteiger charge is -2.38. The fourth-order valence-electron chi connectivity index (χ4n) is 6.30. The number of aromatic nitrogens is 8. The van der Waals surface area contributed by atoms with Crippen LogP contribution in [0.3, 0.4) is 0 Å². The summed E-state index contributed by atoms with van der Waals surface area (Å²) in [4.78, 5) is 44.5. The normalized spacial score (nSPS) is 20.2. The molecule has 0 radical (unpaired) electrons. The first-order chi connectivity index (χ1) is 19.5. The van der Waals surface area contributed by atoms with Gasteiger partial charge in [-0.05, 0) is 50.8 Å². The van der Waals surface area contributed by atoms with E-state index in [-0.39, 0.29) is 41.3 Å². The van der Waals surface area contributed by atoms with Crippen LogP contribution in [0.25, 0.3) is 28.0 Å². The highest BCUT2D eigenvalue weighted by atomic mass is 16.2.